The Bertz CT molecular complexity index is 628. The van der Waals surface area contributed by atoms with E-state index in [1.54, 1.807) is 0 Å². The number of halogens is 1. The molecule has 6 nitrogen and oxygen atoms in total. The van der Waals surface area contributed by atoms with Crippen LogP contribution in [0.2, 0.25) is 5.02 Å². The van der Waals surface area contributed by atoms with Gasteiger partial charge in [0, 0.05) is 12.4 Å². The molecule has 0 aliphatic heterocycles. The second kappa shape index (κ2) is 4.23. The summed E-state index contributed by atoms with van der Waals surface area (Å²) >= 11 is 5.97. The van der Waals surface area contributed by atoms with Crippen LogP contribution in [0.3, 0.4) is 0 Å². The molecule has 2 aromatic heterocycles. The zero-order valence-electron chi connectivity index (χ0n) is 8.46. The predicted octanol–water partition coefficient (Wildman–Crippen LogP) is 0.891. The molecule has 0 atom stereocenters. The van der Waals surface area contributed by atoms with Crippen molar-refractivity contribution in [3.8, 4) is 11.9 Å². The Hall–Kier alpha value is -2.39. The van der Waals surface area contributed by atoms with E-state index in [9.17, 15) is 4.79 Å². The van der Waals surface area contributed by atoms with Crippen molar-refractivity contribution in [1.29, 1.82) is 5.26 Å². The van der Waals surface area contributed by atoms with Crippen LogP contribution < -0.4 is 5.73 Å². The summed E-state index contributed by atoms with van der Waals surface area (Å²) in [6.45, 7) is 0. The molecule has 0 spiro atoms. The first-order chi connectivity index (χ1) is 8.13. The fourth-order valence-electron chi connectivity index (χ4n) is 1.25. The van der Waals surface area contributed by atoms with E-state index in [4.69, 9.17) is 22.6 Å². The van der Waals surface area contributed by atoms with Gasteiger partial charge in [-0.2, -0.15) is 10.4 Å². The van der Waals surface area contributed by atoms with E-state index >= 15 is 0 Å². The van der Waals surface area contributed by atoms with Gasteiger partial charge in [0.15, 0.2) is 5.82 Å². The van der Waals surface area contributed by atoms with Crippen molar-refractivity contribution < 1.29 is 4.79 Å². The zero-order chi connectivity index (χ0) is 12.4. The Morgan fingerprint density at radius 3 is 2.88 bits per heavy atom. The van der Waals surface area contributed by atoms with Crippen molar-refractivity contribution in [2.24, 2.45) is 5.73 Å². The van der Waals surface area contributed by atoms with Crippen molar-refractivity contribution in [3.63, 3.8) is 0 Å². The minimum atomic E-state index is -0.642. The van der Waals surface area contributed by atoms with E-state index < -0.39 is 5.91 Å². The van der Waals surface area contributed by atoms with Gasteiger partial charge in [-0.05, 0) is 12.1 Å². The fraction of sp³-hybridized carbons (Fsp3) is 0. The number of amides is 1. The van der Waals surface area contributed by atoms with Gasteiger partial charge in [0.05, 0.1) is 5.56 Å². The van der Waals surface area contributed by atoms with Gasteiger partial charge in [0.1, 0.15) is 16.8 Å². The summed E-state index contributed by atoms with van der Waals surface area (Å²) in [5.41, 5.74) is 5.47. The third kappa shape index (κ3) is 1.96. The average Bonchev–Trinajstić information content (AvgIpc) is 2.78. The molecule has 0 aromatic carbocycles. The van der Waals surface area contributed by atoms with Crippen LogP contribution in [0.15, 0.2) is 24.5 Å². The first-order valence-corrected chi connectivity index (χ1v) is 4.91. The molecule has 2 N–H and O–H groups in total. The van der Waals surface area contributed by atoms with E-state index in [0.717, 1.165) is 0 Å². The van der Waals surface area contributed by atoms with Crippen molar-refractivity contribution in [2.45, 2.75) is 0 Å². The molecule has 0 fully saturated rings. The number of carbonyl (C=O) groups excluding carboxylic acids is 1. The molecule has 0 radical (unpaired) electrons. The third-order valence-corrected chi connectivity index (χ3v) is 2.42. The summed E-state index contributed by atoms with van der Waals surface area (Å²) < 4.78 is 1.29. The summed E-state index contributed by atoms with van der Waals surface area (Å²) in [7, 11) is 0. The van der Waals surface area contributed by atoms with Gasteiger partial charge < -0.3 is 5.73 Å². The van der Waals surface area contributed by atoms with Crippen LogP contribution in [0.25, 0.3) is 5.82 Å². The van der Waals surface area contributed by atoms with Gasteiger partial charge in [-0.25, -0.2) is 9.67 Å². The van der Waals surface area contributed by atoms with Gasteiger partial charge in [-0.3, -0.25) is 4.79 Å². The highest BCUT2D eigenvalue weighted by molar-refractivity contribution is 6.33. The molecule has 17 heavy (non-hydrogen) atoms. The topological polar surface area (TPSA) is 97.6 Å². The maximum Gasteiger partial charge on any atom is 0.269 e. The molecule has 2 rings (SSSR count). The zero-order valence-corrected chi connectivity index (χ0v) is 9.22. The Kier molecular flexibility index (Phi) is 2.77. The van der Waals surface area contributed by atoms with Gasteiger partial charge in [-0.15, -0.1) is 0 Å². The van der Waals surface area contributed by atoms with Gasteiger partial charge in [0.2, 0.25) is 0 Å². The first kappa shape index (κ1) is 11.1. The summed E-state index contributed by atoms with van der Waals surface area (Å²) in [6, 6.07) is 4.86. The summed E-state index contributed by atoms with van der Waals surface area (Å²) in [6.07, 6.45) is 2.93. The molecule has 2 heterocycles. The predicted molar refractivity (Wildman–Crippen MR) is 59.6 cm³/mol. The number of hydrogen-bond acceptors (Lipinski definition) is 4. The molecule has 2 aromatic rings. The number of nitriles is 1. The van der Waals surface area contributed by atoms with Gasteiger partial charge in [0.25, 0.3) is 5.91 Å². The highest BCUT2D eigenvalue weighted by Crippen LogP contribution is 2.21. The minimum Gasteiger partial charge on any atom is -0.364 e. The highest BCUT2D eigenvalue weighted by atomic mass is 35.5. The fourth-order valence-corrected chi connectivity index (χ4v) is 1.49. The van der Waals surface area contributed by atoms with E-state index in [1.807, 2.05) is 6.07 Å². The lowest BCUT2D eigenvalue weighted by molar-refractivity contribution is 0.0995. The molecular weight excluding hydrogens is 242 g/mol. The minimum absolute atomic E-state index is 0.102. The van der Waals surface area contributed by atoms with E-state index in [0.29, 0.717) is 0 Å². The van der Waals surface area contributed by atoms with Crippen LogP contribution in [-0.4, -0.2) is 20.7 Å². The average molecular weight is 248 g/mol. The lowest BCUT2D eigenvalue weighted by Gasteiger charge is -2.03. The molecule has 0 aliphatic rings. The molecule has 84 valence electrons. The van der Waals surface area contributed by atoms with Crippen LogP contribution in [0, 0.1) is 11.3 Å². The van der Waals surface area contributed by atoms with Crippen LogP contribution in [0.1, 0.15) is 16.1 Å². The number of pyridine rings is 1. The number of hydrogen-bond donors (Lipinski definition) is 1. The van der Waals surface area contributed by atoms with Crippen LogP contribution in [0.5, 0.6) is 0 Å². The first-order valence-electron chi connectivity index (χ1n) is 4.54. The maximum absolute atomic E-state index is 10.9. The third-order valence-electron chi connectivity index (χ3n) is 2.05. The normalized spacial score (nSPS) is 9.88. The number of carbonyl (C=O) groups is 1. The SMILES string of the molecule is N#Cc1ccnc(-n2ccc(C(N)=O)n2)c1Cl. The highest BCUT2D eigenvalue weighted by Gasteiger charge is 2.12. The number of nitrogens with two attached hydrogens (primary N) is 1. The van der Waals surface area contributed by atoms with Crippen LogP contribution >= 0.6 is 11.6 Å². The van der Waals surface area contributed by atoms with Gasteiger partial charge in [-0.1, -0.05) is 11.6 Å². The Balaban J connectivity index is 2.53. The lowest BCUT2D eigenvalue weighted by atomic mass is 10.3. The van der Waals surface area contributed by atoms with Crippen molar-refractivity contribution in [2.75, 3.05) is 0 Å². The van der Waals surface area contributed by atoms with Crippen LogP contribution in [-0.2, 0) is 0 Å². The Labute approximate surface area is 101 Å². The van der Waals surface area contributed by atoms with Crippen LogP contribution in [0.4, 0.5) is 0 Å². The Morgan fingerprint density at radius 2 is 2.29 bits per heavy atom. The quantitative estimate of drug-likeness (QED) is 0.852. The molecule has 0 saturated carbocycles. The number of primary amides is 1. The number of nitrogens with zero attached hydrogens (tertiary/aromatic N) is 4. The largest absolute Gasteiger partial charge is 0.364 e. The molecule has 0 unspecified atom stereocenters. The lowest BCUT2D eigenvalue weighted by Crippen LogP contribution is -2.12. The summed E-state index contributed by atoms with van der Waals surface area (Å²) in [5, 5.41) is 12.9. The molecule has 0 aliphatic carbocycles. The maximum atomic E-state index is 10.9. The van der Waals surface area contributed by atoms with Gasteiger partial charge >= 0.3 is 0 Å². The van der Waals surface area contributed by atoms with E-state index in [-0.39, 0.29) is 22.1 Å². The summed E-state index contributed by atoms with van der Waals surface area (Å²) in [5.74, 6) is -0.366. The van der Waals surface area contributed by atoms with E-state index in [1.165, 1.54) is 29.2 Å². The Morgan fingerprint density at radius 1 is 1.53 bits per heavy atom. The standard InChI is InChI=1S/C10H6ClN5O/c11-8-6(5-12)1-3-14-10(8)16-4-2-7(15-16)9(13)17/h1-4H,(H2,13,17). The summed E-state index contributed by atoms with van der Waals surface area (Å²) in [4.78, 5) is 14.9. The van der Waals surface area contributed by atoms with Crippen molar-refractivity contribution >= 4 is 17.5 Å². The molecular formula is C10H6ClN5O. The second-order valence-corrected chi connectivity index (χ2v) is 3.50. The number of aromatic nitrogens is 3. The molecule has 0 saturated heterocycles. The molecule has 7 heteroatoms. The van der Waals surface area contributed by atoms with Crippen molar-refractivity contribution in [1.82, 2.24) is 14.8 Å². The van der Waals surface area contributed by atoms with Crippen molar-refractivity contribution in [3.05, 3.63) is 40.8 Å². The molecule has 0 bridgehead atoms. The van der Waals surface area contributed by atoms with E-state index in [2.05, 4.69) is 10.1 Å². The smallest absolute Gasteiger partial charge is 0.269 e. The monoisotopic (exact) mass is 247 g/mol. The number of rotatable bonds is 2. The second-order valence-electron chi connectivity index (χ2n) is 3.12. The molecule has 1 amide bonds.